The average Bonchev–Trinajstić information content (AvgIpc) is 3.67. The highest BCUT2D eigenvalue weighted by Crippen LogP contribution is 2.52. The molecule has 4 heteroatoms. The third-order valence-electron chi connectivity index (χ3n) is 16.5. The summed E-state index contributed by atoms with van der Waals surface area (Å²) in [5.74, 6) is 0. The van der Waals surface area contributed by atoms with E-state index < -0.39 is 0 Å². The second kappa shape index (κ2) is 15.0. The van der Waals surface area contributed by atoms with Crippen molar-refractivity contribution in [1.29, 1.82) is 0 Å². The van der Waals surface area contributed by atoms with Gasteiger partial charge in [-0.25, -0.2) is 0 Å². The fourth-order valence-electron chi connectivity index (χ4n) is 12.0. The van der Waals surface area contributed by atoms with Crippen LogP contribution in [-0.4, -0.2) is 7.28 Å². The Balaban J connectivity index is 1.21. The van der Waals surface area contributed by atoms with Gasteiger partial charge in [-0.15, -0.1) is 0 Å². The molecule has 0 spiro atoms. The van der Waals surface area contributed by atoms with Gasteiger partial charge in [-0.1, -0.05) is 160 Å². The minimum absolute atomic E-state index is 0.0601. The van der Waals surface area contributed by atoms with Crippen molar-refractivity contribution in [3.63, 3.8) is 0 Å². The molecule has 0 saturated heterocycles. The lowest BCUT2D eigenvalue weighted by atomic mass is 9.57. The van der Waals surface area contributed by atoms with Crippen molar-refractivity contribution in [1.82, 2.24) is 0 Å². The number of furan rings is 1. The van der Waals surface area contributed by atoms with Crippen molar-refractivity contribution < 1.29 is 4.42 Å². The van der Waals surface area contributed by atoms with Crippen LogP contribution in [0.2, 0.25) is 0 Å². The Labute approximate surface area is 400 Å². The highest BCUT2D eigenvalue weighted by Gasteiger charge is 2.40. The van der Waals surface area contributed by atoms with Crippen molar-refractivity contribution in [3.05, 3.63) is 161 Å². The van der Waals surface area contributed by atoms with Gasteiger partial charge in [0, 0.05) is 44.8 Å². The monoisotopic (exact) mass is 879 g/mol. The first-order valence-corrected chi connectivity index (χ1v) is 24.9. The summed E-state index contributed by atoms with van der Waals surface area (Å²) in [7, 11) is 0.790. The van der Waals surface area contributed by atoms with E-state index in [0.717, 1.165) is 40.6 Å². The largest absolute Gasteiger partial charge is 0.456 e. The van der Waals surface area contributed by atoms with Gasteiger partial charge in [-0.3, -0.25) is 0 Å². The van der Waals surface area contributed by atoms with Gasteiger partial charge in [-0.2, -0.15) is 0 Å². The molecule has 0 amide bonds. The highest BCUT2D eigenvalue weighted by atomic mass is 16.3. The summed E-state index contributed by atoms with van der Waals surface area (Å²) in [5, 5.41) is 6.38. The first kappa shape index (κ1) is 43.6. The molecule has 1 aliphatic heterocycles. The minimum Gasteiger partial charge on any atom is -0.456 e. The molecule has 0 fully saturated rings. The predicted molar refractivity (Wildman–Crippen MR) is 289 cm³/mol. The Hall–Kier alpha value is -6.00. The second-order valence-electron chi connectivity index (χ2n) is 24.1. The van der Waals surface area contributed by atoms with E-state index in [-0.39, 0.29) is 27.1 Å². The predicted octanol–water partition coefficient (Wildman–Crippen LogP) is 16.1. The number of fused-ring (bicyclic) bond motifs is 7. The zero-order valence-electron chi connectivity index (χ0n) is 42.0. The SMILES string of the molecule is Cc1cc2c(cc1N1c3ccc(-c4ccccc4)cc3Bc3c(-c4c(Nc5ccc6c(c5)C(C)(C)CCC6(C)C)ccc5oc6ccccc6c45)cc(C(C)(C)C)cc31)C(C)(C)CCC2(C)C. The average molecular weight is 879 g/mol. The summed E-state index contributed by atoms with van der Waals surface area (Å²) in [6, 6.07) is 48.4. The molecule has 7 aromatic carbocycles. The van der Waals surface area contributed by atoms with E-state index in [0.29, 0.717) is 0 Å². The van der Waals surface area contributed by atoms with Gasteiger partial charge >= 0.3 is 0 Å². The minimum atomic E-state index is -0.138. The van der Waals surface area contributed by atoms with Gasteiger partial charge in [0.2, 0.25) is 0 Å². The van der Waals surface area contributed by atoms with Crippen LogP contribution in [0.4, 0.5) is 28.4 Å². The lowest BCUT2D eigenvalue weighted by Gasteiger charge is -2.44. The number of hydrogen-bond acceptors (Lipinski definition) is 3. The third-order valence-corrected chi connectivity index (χ3v) is 16.5. The van der Waals surface area contributed by atoms with Gasteiger partial charge in [0.15, 0.2) is 7.28 Å². The first-order chi connectivity index (χ1) is 31.7. The van der Waals surface area contributed by atoms with Crippen molar-refractivity contribution in [2.45, 2.75) is 136 Å². The van der Waals surface area contributed by atoms with Crippen LogP contribution < -0.4 is 21.1 Å². The number of rotatable bonds is 5. The molecular formula is C63H67BN2O. The van der Waals surface area contributed by atoms with Crippen molar-refractivity contribution in [3.8, 4) is 22.3 Å². The van der Waals surface area contributed by atoms with E-state index in [1.807, 2.05) is 0 Å². The quantitative estimate of drug-likeness (QED) is 0.175. The summed E-state index contributed by atoms with van der Waals surface area (Å²) < 4.78 is 6.76. The molecule has 1 N–H and O–H groups in total. The standard InChI is InChI=1S/C63H67BN2O/c1-38-32-46-48(63(11,12)31-30-61(46,7)8)37-52(38)66-51-26-22-40(39-18-14-13-15-19-39)33-49(51)64-58-44(34-41(35-53(58)66)59(2,3)4)56-50(25-27-55-57(56)43-20-16-17-21-54(43)67-55)65-42-23-24-45-47(36-42)62(9,10)29-28-60(45,5)6/h13-27,32-37,64-65H,28-31H2,1-12H3. The molecule has 1 aromatic heterocycles. The third kappa shape index (κ3) is 7.15. The van der Waals surface area contributed by atoms with Crippen molar-refractivity contribution in [2.24, 2.45) is 0 Å². The number of anilines is 5. The molecule has 0 bridgehead atoms. The Morgan fingerprint density at radius 3 is 1.90 bits per heavy atom. The van der Waals surface area contributed by atoms with E-state index in [2.05, 4.69) is 221 Å². The van der Waals surface area contributed by atoms with E-state index in [1.165, 1.54) is 109 Å². The normalized spacial score (nSPS) is 17.6. The molecule has 8 aromatic rings. The van der Waals surface area contributed by atoms with Gasteiger partial charge in [0.1, 0.15) is 11.2 Å². The Morgan fingerprint density at radius 2 is 1.19 bits per heavy atom. The maximum absolute atomic E-state index is 6.76. The number of nitrogens with zero attached hydrogens (tertiary/aromatic N) is 1. The van der Waals surface area contributed by atoms with Gasteiger partial charge in [-0.05, 0) is 164 Å². The van der Waals surface area contributed by atoms with Crippen LogP contribution in [0, 0.1) is 6.92 Å². The number of aryl methyl sites for hydroxylation is 1. The molecule has 67 heavy (non-hydrogen) atoms. The molecular weight excluding hydrogens is 812 g/mol. The van der Waals surface area contributed by atoms with E-state index >= 15 is 0 Å². The number of nitrogens with one attached hydrogen (secondary N) is 1. The van der Waals surface area contributed by atoms with Gasteiger partial charge < -0.3 is 14.6 Å². The van der Waals surface area contributed by atoms with Crippen LogP contribution in [-0.2, 0) is 27.1 Å². The molecule has 2 aliphatic carbocycles. The van der Waals surface area contributed by atoms with Crippen molar-refractivity contribution in [2.75, 3.05) is 10.2 Å². The van der Waals surface area contributed by atoms with E-state index in [1.54, 1.807) is 0 Å². The van der Waals surface area contributed by atoms with E-state index in [4.69, 9.17) is 4.42 Å². The topological polar surface area (TPSA) is 28.4 Å². The zero-order chi connectivity index (χ0) is 47.0. The summed E-state index contributed by atoms with van der Waals surface area (Å²) in [4.78, 5) is 2.64. The Bertz CT molecular complexity index is 3300. The summed E-state index contributed by atoms with van der Waals surface area (Å²) in [5.41, 5.74) is 24.1. The number of hydrogen-bond donors (Lipinski definition) is 1. The number of para-hydroxylation sites is 1. The van der Waals surface area contributed by atoms with Gasteiger partial charge in [0.05, 0.1) is 0 Å². The molecule has 338 valence electrons. The summed E-state index contributed by atoms with van der Waals surface area (Å²) >= 11 is 0. The molecule has 11 rings (SSSR count). The molecule has 0 unspecified atom stereocenters. The highest BCUT2D eigenvalue weighted by molar-refractivity contribution is 6.73. The maximum atomic E-state index is 6.76. The fraction of sp³-hybridized carbons (Fsp3) is 0.333. The van der Waals surface area contributed by atoms with E-state index in [9.17, 15) is 0 Å². The smallest absolute Gasteiger partial charge is 0.198 e. The zero-order valence-corrected chi connectivity index (χ0v) is 42.0. The lowest BCUT2D eigenvalue weighted by molar-refractivity contribution is 0.332. The molecule has 0 atom stereocenters. The van der Waals surface area contributed by atoms with Crippen LogP contribution in [0.5, 0.6) is 0 Å². The number of benzene rings is 7. The summed E-state index contributed by atoms with van der Waals surface area (Å²) in [6.07, 6.45) is 4.72. The summed E-state index contributed by atoms with van der Waals surface area (Å²) in [6.45, 7) is 28.9. The molecule has 0 saturated carbocycles. The Kier molecular flexibility index (Phi) is 9.76. The molecule has 3 nitrogen and oxygen atoms in total. The van der Waals surface area contributed by atoms with Crippen LogP contribution in [0.3, 0.4) is 0 Å². The van der Waals surface area contributed by atoms with Crippen LogP contribution >= 0.6 is 0 Å². The second-order valence-corrected chi connectivity index (χ2v) is 24.1. The van der Waals surface area contributed by atoms with Crippen LogP contribution in [0.15, 0.2) is 132 Å². The van der Waals surface area contributed by atoms with Crippen LogP contribution in [0.25, 0.3) is 44.2 Å². The first-order valence-electron chi connectivity index (χ1n) is 24.9. The molecule has 3 aliphatic rings. The van der Waals surface area contributed by atoms with Gasteiger partial charge in [0.25, 0.3) is 0 Å². The lowest BCUT2D eigenvalue weighted by Crippen LogP contribution is -2.42. The van der Waals surface area contributed by atoms with Crippen molar-refractivity contribution >= 4 is 68.6 Å². The Morgan fingerprint density at radius 1 is 0.552 bits per heavy atom. The van der Waals surface area contributed by atoms with Crippen LogP contribution in [0.1, 0.15) is 135 Å². The molecule has 2 heterocycles. The maximum Gasteiger partial charge on any atom is 0.198 e. The molecule has 0 radical (unpaired) electrons. The fourth-order valence-corrected chi connectivity index (χ4v) is 12.0.